The molecule has 0 bridgehead atoms. The van der Waals surface area contributed by atoms with Gasteiger partial charge in [-0.25, -0.2) is 0 Å². The van der Waals surface area contributed by atoms with E-state index in [2.05, 4.69) is 9.97 Å². The molecular weight excluding hydrogens is 557 g/mol. The third-order valence-electron chi connectivity index (χ3n) is 4.35. The quantitative estimate of drug-likeness (QED) is 0.336. The fraction of sp³-hybridized carbons (Fsp3) is 0.600. The van der Waals surface area contributed by atoms with E-state index < -0.39 is 23.8 Å². The van der Waals surface area contributed by atoms with E-state index in [1.165, 1.54) is 17.7 Å². The Morgan fingerprint density at radius 3 is 2.88 bits per heavy atom. The van der Waals surface area contributed by atoms with Gasteiger partial charge in [0.25, 0.3) is 0 Å². The van der Waals surface area contributed by atoms with Crippen LogP contribution >= 0.6 is 23.1 Å². The Bertz CT molecular complexity index is 803. The molecule has 2 aromatic heterocycles. The second kappa shape index (κ2) is 6.62. The van der Waals surface area contributed by atoms with Crippen LogP contribution in [0, 0.1) is 0 Å². The van der Waals surface area contributed by atoms with Crippen molar-refractivity contribution in [3.63, 3.8) is 0 Å². The fourth-order valence-corrected chi connectivity index (χ4v) is 5.80. The summed E-state index contributed by atoms with van der Waals surface area (Å²) in [5, 5.41) is 15.2. The molecule has 0 saturated carbocycles. The SMILES string of the molecule is CSc1ncnc2c(C3(O)O[C@H](C[O][Tl])[C@H]4OC(C)(C)O[C@H]43)scc12. The van der Waals surface area contributed by atoms with Gasteiger partial charge in [0, 0.05) is 0 Å². The minimum atomic E-state index is -1.62. The molecule has 132 valence electrons. The number of ether oxygens (including phenoxy) is 3. The Balaban J connectivity index is 1.81. The van der Waals surface area contributed by atoms with Crippen molar-refractivity contribution in [2.75, 3.05) is 12.9 Å². The molecule has 1 N–H and O–H groups in total. The van der Waals surface area contributed by atoms with Gasteiger partial charge < -0.3 is 0 Å². The summed E-state index contributed by atoms with van der Waals surface area (Å²) >= 11 is 3.33. The number of nitrogens with zero attached hydrogens (tertiary/aromatic N) is 2. The van der Waals surface area contributed by atoms with Crippen molar-refractivity contribution in [2.24, 2.45) is 0 Å². The molecule has 0 aliphatic carbocycles. The Morgan fingerprint density at radius 1 is 1.36 bits per heavy atom. The molecule has 2 fully saturated rings. The summed E-state index contributed by atoms with van der Waals surface area (Å²) in [7, 11) is 0. The predicted molar refractivity (Wildman–Crippen MR) is 93.5 cm³/mol. The number of thioether (sulfide) groups is 1. The molecule has 2 aliphatic heterocycles. The van der Waals surface area contributed by atoms with Gasteiger partial charge in [-0.15, -0.1) is 0 Å². The molecule has 4 atom stereocenters. The fourth-order valence-electron chi connectivity index (χ4n) is 3.39. The molecule has 0 amide bonds. The second-order valence-electron chi connectivity index (χ2n) is 6.42. The molecule has 2 aliphatic rings. The number of rotatable bonds is 4. The van der Waals surface area contributed by atoms with Crippen LogP contribution in [0.5, 0.6) is 0 Å². The van der Waals surface area contributed by atoms with Crippen molar-refractivity contribution in [3.05, 3.63) is 16.6 Å². The first-order chi connectivity index (χ1) is 11.9. The molecule has 1 unspecified atom stereocenters. The zero-order valence-corrected chi connectivity index (χ0v) is 20.1. The predicted octanol–water partition coefficient (Wildman–Crippen LogP) is 1.58. The van der Waals surface area contributed by atoms with Crippen LogP contribution in [0.4, 0.5) is 0 Å². The maximum atomic E-state index is 11.5. The Hall–Kier alpha value is 0.112. The molecule has 4 rings (SSSR count). The number of thiophene rings is 1. The summed E-state index contributed by atoms with van der Waals surface area (Å²) in [6.07, 6.45) is 2.06. The third kappa shape index (κ3) is 2.96. The van der Waals surface area contributed by atoms with Gasteiger partial charge in [0.05, 0.1) is 0 Å². The number of fused-ring (bicyclic) bond motifs is 2. The average Bonchev–Trinajstić information content (AvgIpc) is 3.21. The number of aromatic nitrogens is 2. The summed E-state index contributed by atoms with van der Waals surface area (Å²) in [6, 6.07) is 0. The van der Waals surface area contributed by atoms with E-state index in [4.69, 9.17) is 16.9 Å². The normalized spacial score (nSPS) is 33.8. The molecule has 0 spiro atoms. The molecule has 25 heavy (non-hydrogen) atoms. The third-order valence-corrected chi connectivity index (χ3v) is 6.88. The number of hydrogen-bond acceptors (Lipinski definition) is 9. The first kappa shape index (κ1) is 18.5. The first-order valence-electron chi connectivity index (χ1n) is 7.74. The molecule has 7 nitrogen and oxygen atoms in total. The van der Waals surface area contributed by atoms with Crippen molar-refractivity contribution in [1.82, 2.24) is 9.97 Å². The topological polar surface area (TPSA) is 82.9 Å². The van der Waals surface area contributed by atoms with Gasteiger partial charge in [0.15, 0.2) is 0 Å². The Morgan fingerprint density at radius 2 is 2.16 bits per heavy atom. The second-order valence-corrected chi connectivity index (χ2v) is 9.39. The van der Waals surface area contributed by atoms with Gasteiger partial charge in [0.1, 0.15) is 0 Å². The first-order valence-corrected chi connectivity index (χ1v) is 11.7. The molecule has 2 saturated heterocycles. The van der Waals surface area contributed by atoms with E-state index in [1.807, 2.05) is 25.5 Å². The summed E-state index contributed by atoms with van der Waals surface area (Å²) in [6.45, 7) is 4.06. The van der Waals surface area contributed by atoms with E-state index in [1.54, 1.807) is 11.8 Å². The molecule has 2 aromatic rings. The zero-order valence-electron chi connectivity index (χ0n) is 14.0. The number of aliphatic hydroxyl groups is 1. The van der Waals surface area contributed by atoms with Crippen LogP contribution in [-0.4, -0.2) is 78.3 Å². The molecular formula is C15H17N2O5S2Tl. The van der Waals surface area contributed by atoms with Crippen LogP contribution in [0.15, 0.2) is 16.7 Å². The van der Waals surface area contributed by atoms with E-state index in [-0.39, 0.29) is 6.10 Å². The van der Waals surface area contributed by atoms with Gasteiger partial charge in [-0.2, -0.15) is 0 Å². The van der Waals surface area contributed by atoms with Crippen molar-refractivity contribution < 1.29 is 22.0 Å². The van der Waals surface area contributed by atoms with Crippen molar-refractivity contribution in [3.8, 4) is 0 Å². The average molecular weight is 574 g/mol. The standard InChI is InChI=1S/C15H17N2O5S2.Tl/c1-14(2)21-10-8(4-18)20-15(19,11(10)22-14)12-9-7(5-24-12)13(23-3)17-6-16-9;/h5-6,8,10-11,19H,4H2,1-3H3;/q-1;+1/t8-,10-,11-,15?;/m1./s1. The summed E-state index contributed by atoms with van der Waals surface area (Å²) in [5.41, 5.74) is 0.688. The van der Waals surface area contributed by atoms with Gasteiger partial charge in [-0.1, -0.05) is 0 Å². The van der Waals surface area contributed by atoms with Crippen LogP contribution in [0.2, 0.25) is 0 Å². The van der Waals surface area contributed by atoms with Gasteiger partial charge >= 0.3 is 170 Å². The number of hydrogen-bond donors (Lipinski definition) is 1. The molecule has 4 heterocycles. The molecule has 0 aromatic carbocycles. The van der Waals surface area contributed by atoms with Crippen LogP contribution in [-0.2, 0) is 22.7 Å². The van der Waals surface area contributed by atoms with E-state index in [0.717, 1.165) is 10.4 Å². The maximum absolute atomic E-state index is 11.5. The molecule has 10 heteroatoms. The monoisotopic (exact) mass is 574 g/mol. The Kier molecular flexibility index (Phi) is 4.89. The van der Waals surface area contributed by atoms with E-state index >= 15 is 0 Å². The summed E-state index contributed by atoms with van der Waals surface area (Å²) < 4.78 is 23.4. The zero-order chi connectivity index (χ0) is 17.8. The summed E-state index contributed by atoms with van der Waals surface area (Å²) in [4.78, 5) is 9.30. The van der Waals surface area contributed by atoms with E-state index in [0.29, 0.717) is 43.2 Å². The van der Waals surface area contributed by atoms with Gasteiger partial charge in [-0.05, 0) is 0 Å². The van der Waals surface area contributed by atoms with Crippen molar-refractivity contribution in [2.45, 2.75) is 48.8 Å². The van der Waals surface area contributed by atoms with Crippen LogP contribution < -0.4 is 0 Å². The van der Waals surface area contributed by atoms with Crippen LogP contribution in [0.25, 0.3) is 10.9 Å². The van der Waals surface area contributed by atoms with Crippen molar-refractivity contribution in [1.29, 1.82) is 0 Å². The summed E-state index contributed by atoms with van der Waals surface area (Å²) in [5.74, 6) is -2.41. The minimum absolute atomic E-state index is 0.377. The van der Waals surface area contributed by atoms with E-state index in [9.17, 15) is 5.11 Å². The van der Waals surface area contributed by atoms with Crippen LogP contribution in [0.1, 0.15) is 18.7 Å². The van der Waals surface area contributed by atoms with Gasteiger partial charge in [0.2, 0.25) is 0 Å². The van der Waals surface area contributed by atoms with Crippen LogP contribution in [0.3, 0.4) is 0 Å². The molecule has 0 radical (unpaired) electrons. The Labute approximate surface area is 169 Å². The van der Waals surface area contributed by atoms with Crippen molar-refractivity contribution >= 4 is 60.2 Å². The van der Waals surface area contributed by atoms with Gasteiger partial charge in [-0.3, -0.25) is 0 Å².